The van der Waals surface area contributed by atoms with Gasteiger partial charge < -0.3 is 29.4 Å². The van der Waals surface area contributed by atoms with Crippen LogP contribution in [0.15, 0.2) is 46.0 Å². The van der Waals surface area contributed by atoms with Crippen molar-refractivity contribution in [3.63, 3.8) is 0 Å². The molecule has 0 saturated carbocycles. The molecule has 0 aliphatic heterocycles. The number of carbonyl (C=O) groups is 3. The quantitative estimate of drug-likeness (QED) is 0.188. The number of benzene rings is 2. The van der Waals surface area contributed by atoms with Gasteiger partial charge >= 0.3 is 17.8 Å². The maximum Gasteiger partial charge on any atom is 0.407 e. The normalized spacial score (nSPS) is 11.9. The minimum atomic E-state index is -1.08. The van der Waals surface area contributed by atoms with Gasteiger partial charge in [0.1, 0.15) is 17.4 Å². The third-order valence-electron chi connectivity index (χ3n) is 7.18. The summed E-state index contributed by atoms with van der Waals surface area (Å²) >= 11 is 12.9. The van der Waals surface area contributed by atoms with Crippen LogP contribution < -0.4 is 26.6 Å². The summed E-state index contributed by atoms with van der Waals surface area (Å²) in [6.07, 6.45) is 0.611. The van der Waals surface area contributed by atoms with Gasteiger partial charge in [-0.05, 0) is 63.8 Å². The van der Waals surface area contributed by atoms with Crippen LogP contribution in [0.3, 0.4) is 0 Å². The van der Waals surface area contributed by atoms with E-state index in [9.17, 15) is 24.0 Å². The molecule has 12 nitrogen and oxygen atoms in total. The highest BCUT2D eigenvalue weighted by Crippen LogP contribution is 2.31. The predicted octanol–water partition coefficient (Wildman–Crippen LogP) is 4.95. The number of hydrogen-bond donors (Lipinski definition) is 2. The number of hydrogen-bond acceptors (Lipinski definition) is 8. The van der Waals surface area contributed by atoms with Crippen LogP contribution in [0.25, 0.3) is 11.1 Å². The Balaban J connectivity index is 1.72. The molecule has 3 aromatic rings. The lowest BCUT2D eigenvalue weighted by Crippen LogP contribution is -2.43. The van der Waals surface area contributed by atoms with Crippen LogP contribution in [0.5, 0.6) is 5.75 Å². The van der Waals surface area contributed by atoms with E-state index in [1.165, 1.54) is 23.7 Å². The molecule has 48 heavy (non-hydrogen) atoms. The van der Waals surface area contributed by atoms with Gasteiger partial charge in [-0.3, -0.25) is 14.2 Å². The maximum absolute atomic E-state index is 13.4. The van der Waals surface area contributed by atoms with Crippen molar-refractivity contribution in [2.24, 2.45) is 14.1 Å². The number of nitrogens with zero attached hydrogens (tertiary/aromatic N) is 2. The predicted molar refractivity (Wildman–Crippen MR) is 184 cm³/mol. The van der Waals surface area contributed by atoms with E-state index in [0.717, 1.165) is 4.57 Å². The van der Waals surface area contributed by atoms with Crippen molar-refractivity contribution in [3.05, 3.63) is 84.1 Å². The zero-order valence-electron chi connectivity index (χ0n) is 28.2. The number of halogens is 2. The van der Waals surface area contributed by atoms with Crippen molar-refractivity contribution < 1.29 is 28.6 Å². The zero-order valence-corrected chi connectivity index (χ0v) is 29.7. The van der Waals surface area contributed by atoms with Crippen molar-refractivity contribution in [1.29, 1.82) is 0 Å². The van der Waals surface area contributed by atoms with Crippen molar-refractivity contribution in [2.75, 3.05) is 19.8 Å². The lowest BCUT2D eigenvalue weighted by Gasteiger charge is -2.20. The molecule has 0 spiro atoms. The first-order valence-electron chi connectivity index (χ1n) is 15.5. The molecule has 0 radical (unpaired) electrons. The van der Waals surface area contributed by atoms with Gasteiger partial charge in [-0.25, -0.2) is 14.4 Å². The second-order valence-electron chi connectivity index (χ2n) is 12.2. The molecule has 0 fully saturated rings. The lowest BCUT2D eigenvalue weighted by atomic mass is 10.00. The van der Waals surface area contributed by atoms with E-state index < -0.39 is 40.9 Å². The summed E-state index contributed by atoms with van der Waals surface area (Å²) in [5.41, 5.74) is 0.698. The molecule has 1 heterocycles. The van der Waals surface area contributed by atoms with E-state index in [2.05, 4.69) is 10.6 Å². The summed E-state index contributed by atoms with van der Waals surface area (Å²) in [6.45, 7) is 9.59. The van der Waals surface area contributed by atoms with Gasteiger partial charge in [0.25, 0.3) is 11.5 Å². The summed E-state index contributed by atoms with van der Waals surface area (Å²) < 4.78 is 18.7. The van der Waals surface area contributed by atoms with E-state index >= 15 is 0 Å². The number of ether oxygens (including phenoxy) is 3. The van der Waals surface area contributed by atoms with Crippen LogP contribution in [-0.4, -0.2) is 58.5 Å². The van der Waals surface area contributed by atoms with Gasteiger partial charge in [0.15, 0.2) is 0 Å². The second-order valence-corrected chi connectivity index (χ2v) is 13.0. The Bertz CT molecular complexity index is 1740. The van der Waals surface area contributed by atoms with E-state index in [1.54, 1.807) is 59.0 Å². The van der Waals surface area contributed by atoms with Gasteiger partial charge in [-0.2, -0.15) is 0 Å². The van der Waals surface area contributed by atoms with Crippen molar-refractivity contribution in [1.82, 2.24) is 19.8 Å². The Kier molecular flexibility index (Phi) is 13.3. The van der Waals surface area contributed by atoms with Gasteiger partial charge in [0, 0.05) is 32.8 Å². The number of amides is 2. The average Bonchev–Trinajstić information content (AvgIpc) is 3.00. The molecule has 0 unspecified atom stereocenters. The highest BCUT2D eigenvalue weighted by atomic mass is 35.5. The molecule has 260 valence electrons. The summed E-state index contributed by atoms with van der Waals surface area (Å²) in [6, 6.07) is 8.72. The number of aromatic nitrogens is 2. The van der Waals surface area contributed by atoms with Gasteiger partial charge in [-0.15, -0.1) is 0 Å². The molecule has 2 aromatic carbocycles. The highest BCUT2D eigenvalue weighted by Gasteiger charge is 2.26. The standard InChI is InChI=1S/C34H42Cl2N4O8/c1-8-15-47-31(43)26(17-21-10-12-22(13-11-21)27-20(2)39(6)33(45)40(7)30(27)42)38-29(41)28-24(35)18-23(19-25(28)36)46-16-9-14-37-32(44)48-34(3,4)5/h10-13,18-19,26H,8-9,14-17H2,1-7H3,(H,37,44)(H,38,41)/t26-/m0/s1. The van der Waals surface area contributed by atoms with Gasteiger partial charge in [-0.1, -0.05) is 54.4 Å². The van der Waals surface area contributed by atoms with Crippen LogP contribution >= 0.6 is 23.2 Å². The highest BCUT2D eigenvalue weighted by molar-refractivity contribution is 6.40. The molecular formula is C34H42Cl2N4O8. The molecule has 14 heteroatoms. The summed E-state index contributed by atoms with van der Waals surface area (Å²) in [4.78, 5) is 63.4. The first kappa shape index (κ1) is 38.2. The monoisotopic (exact) mass is 704 g/mol. The smallest absolute Gasteiger partial charge is 0.407 e. The van der Waals surface area contributed by atoms with Gasteiger partial charge in [0.2, 0.25) is 0 Å². The fourth-order valence-corrected chi connectivity index (χ4v) is 5.30. The molecular weight excluding hydrogens is 663 g/mol. The Hall–Kier alpha value is -4.29. The fourth-order valence-electron chi connectivity index (χ4n) is 4.66. The number of alkyl carbamates (subject to hydrolysis) is 1. The van der Waals surface area contributed by atoms with Crippen molar-refractivity contribution in [3.8, 4) is 16.9 Å². The van der Waals surface area contributed by atoms with E-state index in [-0.39, 0.29) is 35.2 Å². The summed E-state index contributed by atoms with van der Waals surface area (Å²) in [5, 5.41) is 5.37. The maximum atomic E-state index is 13.4. The van der Waals surface area contributed by atoms with Crippen molar-refractivity contribution in [2.45, 2.75) is 65.5 Å². The van der Waals surface area contributed by atoms with Crippen LogP contribution in [0.2, 0.25) is 10.0 Å². The van der Waals surface area contributed by atoms with Crippen LogP contribution in [-0.2, 0) is 34.8 Å². The Morgan fingerprint density at radius 2 is 1.58 bits per heavy atom. The van der Waals surface area contributed by atoms with E-state index in [0.29, 0.717) is 47.5 Å². The molecule has 0 saturated heterocycles. The van der Waals surface area contributed by atoms with E-state index in [1.807, 2.05) is 6.92 Å². The third kappa shape index (κ3) is 10.1. The summed E-state index contributed by atoms with van der Waals surface area (Å²) in [5.74, 6) is -0.997. The minimum absolute atomic E-state index is 0.0149. The molecule has 3 rings (SSSR count). The molecule has 1 atom stereocenters. The molecule has 2 amide bonds. The third-order valence-corrected chi connectivity index (χ3v) is 7.77. The number of nitrogens with one attached hydrogen (secondary N) is 2. The molecule has 0 aliphatic rings. The first-order valence-corrected chi connectivity index (χ1v) is 16.2. The Labute approximate surface area is 289 Å². The average molecular weight is 706 g/mol. The molecule has 0 aliphatic carbocycles. The minimum Gasteiger partial charge on any atom is -0.493 e. The number of esters is 1. The molecule has 0 bridgehead atoms. The fraction of sp³-hybridized carbons (Fsp3) is 0.441. The Morgan fingerprint density at radius 1 is 0.958 bits per heavy atom. The Morgan fingerprint density at radius 3 is 2.17 bits per heavy atom. The summed E-state index contributed by atoms with van der Waals surface area (Å²) in [7, 11) is 3.02. The van der Waals surface area contributed by atoms with Crippen LogP contribution in [0.1, 0.15) is 62.2 Å². The molecule has 2 N–H and O–H groups in total. The topological polar surface area (TPSA) is 147 Å². The van der Waals surface area contributed by atoms with E-state index in [4.69, 9.17) is 37.4 Å². The van der Waals surface area contributed by atoms with Crippen molar-refractivity contribution >= 4 is 41.2 Å². The molecule has 1 aromatic heterocycles. The first-order chi connectivity index (χ1) is 22.5. The number of rotatable bonds is 13. The van der Waals surface area contributed by atoms with Crippen LogP contribution in [0.4, 0.5) is 4.79 Å². The SMILES string of the molecule is CCCOC(=O)[C@H](Cc1ccc(-c2c(C)n(C)c(=O)n(C)c2=O)cc1)NC(=O)c1c(Cl)cc(OCCCNC(=O)OC(C)(C)C)cc1Cl. The van der Waals surface area contributed by atoms with Gasteiger partial charge in [0.05, 0.1) is 34.4 Å². The zero-order chi connectivity index (χ0) is 35.8. The van der Waals surface area contributed by atoms with Crippen LogP contribution in [0, 0.1) is 6.92 Å². The number of carbonyl (C=O) groups excluding carboxylic acids is 3. The largest absolute Gasteiger partial charge is 0.493 e. The lowest BCUT2D eigenvalue weighted by molar-refractivity contribution is -0.145. The second kappa shape index (κ2) is 16.7.